The Balaban J connectivity index is 0.00000240. The minimum atomic E-state index is 0. The van der Waals surface area contributed by atoms with Gasteiger partial charge in [-0.05, 0) is 50.5 Å². The van der Waals surface area contributed by atoms with Gasteiger partial charge < -0.3 is 4.90 Å². The number of para-hydroxylation sites is 1. The number of nitrogens with zero attached hydrogens (tertiary/aromatic N) is 2. The predicted octanol–water partition coefficient (Wildman–Crippen LogP) is 6.81. The van der Waals surface area contributed by atoms with E-state index in [1.165, 1.54) is 67.0 Å². The minimum Gasteiger partial charge on any atom is -0.372 e. The summed E-state index contributed by atoms with van der Waals surface area (Å²) in [5, 5.41) is 0. The van der Waals surface area contributed by atoms with Crippen LogP contribution in [0.25, 0.3) is 6.08 Å². The zero-order valence-corrected chi connectivity index (χ0v) is 17.6. The fourth-order valence-electron chi connectivity index (χ4n) is 4.64. The van der Waals surface area contributed by atoms with Crippen LogP contribution < -0.4 is 4.90 Å². The standard InChI is InChI=1S/C26H33N2.CH4/c1-4-5-20-28-24-11-7-6-10-23(24)26(2,3)25(28)17-14-21-12-15-22(16-13-21)27-18-8-9-19-27;/h6-7,10-17H,4-5,8-9,18-20H2,1-3H3;1H4/q+1;. The normalized spacial score (nSPS) is 17.7. The van der Waals surface area contributed by atoms with Gasteiger partial charge in [-0.1, -0.05) is 51.1 Å². The lowest BCUT2D eigenvalue weighted by molar-refractivity contribution is -0.438. The first-order valence-corrected chi connectivity index (χ1v) is 10.9. The predicted molar refractivity (Wildman–Crippen MR) is 128 cm³/mol. The van der Waals surface area contributed by atoms with Gasteiger partial charge in [-0.15, -0.1) is 0 Å². The summed E-state index contributed by atoms with van der Waals surface area (Å²) in [6.07, 6.45) is 9.71. The first kappa shape index (κ1) is 21.4. The van der Waals surface area contributed by atoms with E-state index in [-0.39, 0.29) is 12.8 Å². The number of anilines is 1. The Morgan fingerprint density at radius 2 is 1.66 bits per heavy atom. The molecule has 2 aromatic carbocycles. The smallest absolute Gasteiger partial charge is 0.209 e. The second-order valence-corrected chi connectivity index (χ2v) is 8.65. The molecule has 0 radical (unpaired) electrons. The maximum atomic E-state index is 2.54. The third-order valence-corrected chi connectivity index (χ3v) is 6.33. The van der Waals surface area contributed by atoms with Gasteiger partial charge in [0.25, 0.3) is 0 Å². The van der Waals surface area contributed by atoms with Gasteiger partial charge in [0.15, 0.2) is 5.71 Å². The molecule has 0 atom stereocenters. The van der Waals surface area contributed by atoms with E-state index in [1.807, 2.05) is 0 Å². The van der Waals surface area contributed by atoms with Crippen LogP contribution in [-0.4, -0.2) is 29.9 Å². The fourth-order valence-corrected chi connectivity index (χ4v) is 4.64. The van der Waals surface area contributed by atoms with Gasteiger partial charge in [0.05, 0.1) is 5.41 Å². The molecule has 2 heterocycles. The van der Waals surface area contributed by atoms with E-state index in [0.29, 0.717) is 0 Å². The van der Waals surface area contributed by atoms with Crippen LogP contribution in [0.1, 0.15) is 65.0 Å². The fraction of sp³-hybridized carbons (Fsp3) is 0.444. The molecule has 4 rings (SSSR count). The number of fused-ring (bicyclic) bond motifs is 1. The topological polar surface area (TPSA) is 6.25 Å². The third-order valence-electron chi connectivity index (χ3n) is 6.33. The van der Waals surface area contributed by atoms with Gasteiger partial charge in [-0.25, -0.2) is 0 Å². The highest BCUT2D eigenvalue weighted by molar-refractivity contribution is 6.05. The second-order valence-electron chi connectivity index (χ2n) is 8.65. The molecule has 1 saturated heterocycles. The van der Waals surface area contributed by atoms with Gasteiger partial charge >= 0.3 is 0 Å². The molecule has 2 heteroatoms. The number of allylic oxidation sites excluding steroid dienone is 1. The van der Waals surface area contributed by atoms with Crippen molar-refractivity contribution < 1.29 is 4.58 Å². The van der Waals surface area contributed by atoms with Crippen LogP contribution in [-0.2, 0) is 5.41 Å². The molecule has 0 aromatic heterocycles. The summed E-state index contributed by atoms with van der Waals surface area (Å²) >= 11 is 0. The van der Waals surface area contributed by atoms with Gasteiger partial charge in [0, 0.05) is 42.9 Å². The molecule has 0 aliphatic carbocycles. The third kappa shape index (κ3) is 4.17. The van der Waals surface area contributed by atoms with Gasteiger partial charge in [0.1, 0.15) is 6.54 Å². The zero-order chi connectivity index (χ0) is 19.6. The Hall–Kier alpha value is -2.35. The van der Waals surface area contributed by atoms with E-state index >= 15 is 0 Å². The first-order valence-electron chi connectivity index (χ1n) is 10.9. The van der Waals surface area contributed by atoms with Crippen LogP contribution >= 0.6 is 0 Å². The van der Waals surface area contributed by atoms with Gasteiger partial charge in [0.2, 0.25) is 5.69 Å². The lowest BCUT2D eigenvalue weighted by atomic mass is 9.81. The van der Waals surface area contributed by atoms with Gasteiger partial charge in [-0.2, -0.15) is 4.58 Å². The lowest BCUT2D eigenvalue weighted by Crippen LogP contribution is -2.27. The number of rotatable bonds is 6. The minimum absolute atomic E-state index is 0. The van der Waals surface area contributed by atoms with Crippen molar-refractivity contribution in [3.8, 4) is 0 Å². The molecule has 0 unspecified atom stereocenters. The van der Waals surface area contributed by atoms with Crippen molar-refractivity contribution in [3.63, 3.8) is 0 Å². The van der Waals surface area contributed by atoms with Crippen molar-refractivity contribution in [3.05, 3.63) is 65.7 Å². The van der Waals surface area contributed by atoms with Crippen molar-refractivity contribution in [1.29, 1.82) is 0 Å². The Morgan fingerprint density at radius 1 is 0.966 bits per heavy atom. The lowest BCUT2D eigenvalue weighted by Gasteiger charge is -2.17. The van der Waals surface area contributed by atoms with E-state index in [2.05, 4.69) is 90.9 Å². The van der Waals surface area contributed by atoms with E-state index in [1.54, 1.807) is 0 Å². The molecule has 0 N–H and O–H groups in total. The SMILES string of the molecule is C.CCCC[N+]1=C(/C=C/c2ccc(N3CCCC3)cc2)C(C)(C)c2ccccc21. The number of unbranched alkanes of at least 4 members (excludes halogenated alkanes) is 1. The summed E-state index contributed by atoms with van der Waals surface area (Å²) in [5.74, 6) is 0. The maximum absolute atomic E-state index is 2.54. The molecule has 0 spiro atoms. The summed E-state index contributed by atoms with van der Waals surface area (Å²) in [6, 6.07) is 18.0. The summed E-state index contributed by atoms with van der Waals surface area (Å²) in [5.41, 5.74) is 6.90. The average Bonchev–Trinajstić information content (AvgIpc) is 3.31. The number of hydrogen-bond donors (Lipinski definition) is 0. The van der Waals surface area contributed by atoms with Crippen LogP contribution in [0.15, 0.2) is 54.6 Å². The summed E-state index contributed by atoms with van der Waals surface area (Å²) in [4.78, 5) is 2.49. The first-order chi connectivity index (χ1) is 13.6. The van der Waals surface area contributed by atoms with E-state index in [0.717, 1.165) is 6.54 Å². The van der Waals surface area contributed by atoms with E-state index < -0.39 is 0 Å². The largest absolute Gasteiger partial charge is 0.372 e. The van der Waals surface area contributed by atoms with E-state index in [4.69, 9.17) is 0 Å². The molecule has 0 amide bonds. The van der Waals surface area contributed by atoms with Crippen LogP contribution in [0.4, 0.5) is 11.4 Å². The summed E-state index contributed by atoms with van der Waals surface area (Å²) in [6.45, 7) is 10.5. The zero-order valence-electron chi connectivity index (χ0n) is 17.6. The van der Waals surface area contributed by atoms with Crippen molar-refractivity contribution in [2.75, 3.05) is 24.5 Å². The summed E-state index contributed by atoms with van der Waals surface area (Å²) in [7, 11) is 0. The number of benzene rings is 2. The molecule has 154 valence electrons. The Bertz CT molecular complexity index is 881. The van der Waals surface area contributed by atoms with Crippen molar-refractivity contribution in [1.82, 2.24) is 0 Å². The van der Waals surface area contributed by atoms with Crippen molar-refractivity contribution >= 4 is 23.2 Å². The highest BCUT2D eigenvalue weighted by Crippen LogP contribution is 2.40. The monoisotopic (exact) mass is 389 g/mol. The van der Waals surface area contributed by atoms with Gasteiger partial charge in [-0.3, -0.25) is 0 Å². The Morgan fingerprint density at radius 3 is 2.34 bits per heavy atom. The quantitative estimate of drug-likeness (QED) is 0.492. The van der Waals surface area contributed by atoms with Crippen LogP contribution in [0.3, 0.4) is 0 Å². The molecule has 29 heavy (non-hydrogen) atoms. The molecule has 2 nitrogen and oxygen atoms in total. The molecule has 0 bridgehead atoms. The molecule has 1 fully saturated rings. The van der Waals surface area contributed by atoms with Crippen molar-refractivity contribution in [2.45, 2.75) is 59.3 Å². The summed E-state index contributed by atoms with van der Waals surface area (Å²) < 4.78 is 2.54. The number of hydrogen-bond acceptors (Lipinski definition) is 1. The Kier molecular flexibility index (Phi) is 6.62. The highest BCUT2D eigenvalue weighted by Gasteiger charge is 2.43. The second kappa shape index (κ2) is 8.98. The molecule has 0 saturated carbocycles. The molecular weight excluding hydrogens is 352 g/mol. The Labute approximate surface area is 177 Å². The average molecular weight is 390 g/mol. The highest BCUT2D eigenvalue weighted by atomic mass is 15.1. The van der Waals surface area contributed by atoms with E-state index in [9.17, 15) is 0 Å². The molecule has 2 aliphatic heterocycles. The molecular formula is C27H37N2+. The molecule has 2 aliphatic rings. The molecule has 2 aromatic rings. The van der Waals surface area contributed by atoms with Crippen molar-refractivity contribution in [2.24, 2.45) is 0 Å². The van der Waals surface area contributed by atoms with Crippen LogP contribution in [0.2, 0.25) is 0 Å². The van der Waals surface area contributed by atoms with Crippen LogP contribution in [0.5, 0.6) is 0 Å². The maximum Gasteiger partial charge on any atom is 0.209 e. The van der Waals surface area contributed by atoms with Crippen LogP contribution in [0, 0.1) is 0 Å².